The number of nitrogens with one attached hydrogen (secondary N) is 1. The van der Waals surface area contributed by atoms with Gasteiger partial charge in [-0.1, -0.05) is 41.9 Å². The van der Waals surface area contributed by atoms with Crippen molar-refractivity contribution in [2.45, 2.75) is 13.5 Å². The second kappa shape index (κ2) is 8.21. The van der Waals surface area contributed by atoms with Crippen molar-refractivity contribution in [2.75, 3.05) is 0 Å². The number of benzene rings is 2. The first-order valence-corrected chi connectivity index (χ1v) is 8.97. The maximum absolute atomic E-state index is 11.9. The lowest BCUT2D eigenvalue weighted by Gasteiger charge is -2.08. The number of hydrogen-bond donors (Lipinski definition) is 1. The van der Waals surface area contributed by atoms with Gasteiger partial charge in [0.05, 0.1) is 4.91 Å². The van der Waals surface area contributed by atoms with Crippen LogP contribution in [0.25, 0.3) is 6.08 Å². The summed E-state index contributed by atoms with van der Waals surface area (Å²) < 4.78 is 5.73. The van der Waals surface area contributed by atoms with Crippen LogP contribution in [0, 0.1) is 0 Å². The number of amidine groups is 1. The minimum atomic E-state index is -0.363. The molecule has 132 valence electrons. The third-order valence-corrected chi connectivity index (χ3v) is 4.70. The van der Waals surface area contributed by atoms with Crippen molar-refractivity contribution in [1.82, 2.24) is 5.32 Å². The van der Waals surface area contributed by atoms with Gasteiger partial charge in [-0.05, 0) is 41.6 Å². The summed E-state index contributed by atoms with van der Waals surface area (Å²) in [6.45, 7) is 1.75. The maximum Gasteiger partial charge on any atom is 0.286 e. The van der Waals surface area contributed by atoms with Gasteiger partial charge < -0.3 is 10.1 Å². The monoisotopic (exact) mass is 386 g/mol. The maximum atomic E-state index is 11.9. The van der Waals surface area contributed by atoms with Crippen molar-refractivity contribution >= 4 is 46.4 Å². The minimum absolute atomic E-state index is 0.259. The van der Waals surface area contributed by atoms with Gasteiger partial charge in [0, 0.05) is 17.5 Å². The Kier molecular flexibility index (Phi) is 5.75. The topological polar surface area (TPSA) is 67.8 Å². The molecular formula is C19H15ClN2O3S. The van der Waals surface area contributed by atoms with Crippen LogP contribution < -0.4 is 10.1 Å². The summed E-state index contributed by atoms with van der Waals surface area (Å²) in [7, 11) is 0. The van der Waals surface area contributed by atoms with Crippen molar-refractivity contribution in [3.8, 4) is 5.75 Å². The molecule has 1 aliphatic heterocycles. The molecule has 0 aromatic heterocycles. The molecule has 0 fully saturated rings. The van der Waals surface area contributed by atoms with E-state index < -0.39 is 0 Å². The predicted molar refractivity (Wildman–Crippen MR) is 104 cm³/mol. The Balaban J connectivity index is 1.62. The number of carbonyl (C=O) groups is 2. The summed E-state index contributed by atoms with van der Waals surface area (Å²) in [4.78, 5) is 27.2. The number of carbonyl (C=O) groups excluding carboxylic acids is 2. The SMILES string of the molecule is CC(=O)NC1=NC(=O)/C(=C/c2ccc(OCc3ccccc3Cl)cc2)S1. The van der Waals surface area contributed by atoms with E-state index in [-0.39, 0.29) is 11.8 Å². The summed E-state index contributed by atoms with van der Waals surface area (Å²) in [6.07, 6.45) is 1.73. The van der Waals surface area contributed by atoms with Crippen LogP contribution in [0.1, 0.15) is 18.1 Å². The molecule has 7 heteroatoms. The molecular weight excluding hydrogens is 372 g/mol. The number of aliphatic imine (C=N–C) groups is 1. The highest BCUT2D eigenvalue weighted by molar-refractivity contribution is 8.18. The van der Waals surface area contributed by atoms with Crippen LogP contribution in [0.5, 0.6) is 5.75 Å². The van der Waals surface area contributed by atoms with E-state index in [4.69, 9.17) is 16.3 Å². The van der Waals surface area contributed by atoms with Crippen LogP contribution >= 0.6 is 23.4 Å². The number of ether oxygens (including phenoxy) is 1. The first-order chi connectivity index (χ1) is 12.5. The molecule has 26 heavy (non-hydrogen) atoms. The van der Waals surface area contributed by atoms with Crippen molar-refractivity contribution in [1.29, 1.82) is 0 Å². The summed E-state index contributed by atoms with van der Waals surface area (Å²) in [6, 6.07) is 14.9. The van der Waals surface area contributed by atoms with E-state index in [2.05, 4.69) is 10.3 Å². The Morgan fingerprint density at radius 1 is 1.23 bits per heavy atom. The van der Waals surface area contributed by atoms with Gasteiger partial charge in [-0.2, -0.15) is 4.99 Å². The zero-order chi connectivity index (χ0) is 18.5. The summed E-state index contributed by atoms with van der Waals surface area (Å²) >= 11 is 7.25. The number of thioether (sulfide) groups is 1. The molecule has 0 saturated heterocycles. The van der Waals surface area contributed by atoms with Crippen molar-refractivity contribution in [3.05, 3.63) is 69.6 Å². The van der Waals surface area contributed by atoms with Crippen LogP contribution in [0.15, 0.2) is 58.4 Å². The smallest absolute Gasteiger partial charge is 0.286 e. The van der Waals surface area contributed by atoms with E-state index in [1.807, 2.05) is 48.5 Å². The molecule has 1 N–H and O–H groups in total. The molecule has 5 nitrogen and oxygen atoms in total. The lowest BCUT2D eigenvalue weighted by Crippen LogP contribution is -2.23. The molecule has 2 amide bonds. The molecule has 2 aromatic carbocycles. The number of rotatable bonds is 4. The Morgan fingerprint density at radius 3 is 2.65 bits per heavy atom. The molecule has 0 radical (unpaired) electrons. The average Bonchev–Trinajstić information content (AvgIpc) is 2.94. The second-order valence-electron chi connectivity index (χ2n) is 5.46. The Bertz CT molecular complexity index is 907. The van der Waals surface area contributed by atoms with Crippen LogP contribution in [0.4, 0.5) is 0 Å². The fraction of sp³-hybridized carbons (Fsp3) is 0.105. The van der Waals surface area contributed by atoms with Gasteiger partial charge in [-0.3, -0.25) is 9.59 Å². The first kappa shape index (κ1) is 18.2. The molecule has 1 aliphatic rings. The lowest BCUT2D eigenvalue weighted by molar-refractivity contribution is -0.117. The van der Waals surface area contributed by atoms with E-state index in [9.17, 15) is 9.59 Å². The van der Waals surface area contributed by atoms with Crippen LogP contribution in [-0.2, 0) is 16.2 Å². The fourth-order valence-electron chi connectivity index (χ4n) is 2.20. The highest BCUT2D eigenvalue weighted by Crippen LogP contribution is 2.28. The molecule has 0 bridgehead atoms. The number of nitrogens with zero attached hydrogens (tertiary/aromatic N) is 1. The second-order valence-corrected chi connectivity index (χ2v) is 6.90. The van der Waals surface area contributed by atoms with Crippen molar-refractivity contribution in [2.24, 2.45) is 4.99 Å². The Labute approximate surface area is 160 Å². The van der Waals surface area contributed by atoms with E-state index in [1.54, 1.807) is 6.08 Å². The zero-order valence-electron chi connectivity index (χ0n) is 13.9. The lowest BCUT2D eigenvalue weighted by atomic mass is 10.2. The zero-order valence-corrected chi connectivity index (χ0v) is 15.4. The molecule has 0 spiro atoms. The van der Waals surface area contributed by atoms with Crippen LogP contribution in [0.3, 0.4) is 0 Å². The molecule has 3 rings (SSSR count). The predicted octanol–water partition coefficient (Wildman–Crippen LogP) is 4.03. The third kappa shape index (κ3) is 4.74. The summed E-state index contributed by atoms with van der Waals surface area (Å²) in [5, 5.41) is 3.48. The standard InChI is InChI=1S/C19H15ClN2O3S/c1-12(23)21-19-22-18(24)17(26-19)10-13-6-8-15(9-7-13)25-11-14-4-2-3-5-16(14)20/h2-10H,11H2,1H3,(H,21,22,23,24)/b17-10-. The Morgan fingerprint density at radius 2 is 1.96 bits per heavy atom. The number of hydrogen-bond acceptors (Lipinski definition) is 4. The van der Waals surface area contributed by atoms with Crippen LogP contribution in [0.2, 0.25) is 5.02 Å². The van der Waals surface area contributed by atoms with Crippen molar-refractivity contribution in [3.63, 3.8) is 0 Å². The Hall–Kier alpha value is -2.57. The summed E-state index contributed by atoms with van der Waals surface area (Å²) in [5.74, 6) is 0.0794. The van der Waals surface area contributed by atoms with E-state index in [1.165, 1.54) is 6.92 Å². The fourth-order valence-corrected chi connectivity index (χ4v) is 3.25. The highest BCUT2D eigenvalue weighted by atomic mass is 35.5. The van der Waals surface area contributed by atoms with E-state index >= 15 is 0 Å². The highest BCUT2D eigenvalue weighted by Gasteiger charge is 2.22. The first-order valence-electron chi connectivity index (χ1n) is 7.78. The van der Waals surface area contributed by atoms with Gasteiger partial charge in [0.15, 0.2) is 5.17 Å². The molecule has 0 unspecified atom stereocenters. The van der Waals surface area contributed by atoms with E-state index in [0.717, 1.165) is 22.9 Å². The van der Waals surface area contributed by atoms with Gasteiger partial charge in [0.2, 0.25) is 5.91 Å². The van der Waals surface area contributed by atoms with E-state index in [0.29, 0.717) is 27.5 Å². The average molecular weight is 387 g/mol. The van der Waals surface area contributed by atoms with Gasteiger partial charge in [0.1, 0.15) is 12.4 Å². The number of halogens is 1. The van der Waals surface area contributed by atoms with Gasteiger partial charge in [-0.15, -0.1) is 0 Å². The van der Waals surface area contributed by atoms with Gasteiger partial charge in [-0.25, -0.2) is 0 Å². The largest absolute Gasteiger partial charge is 0.489 e. The quantitative estimate of drug-likeness (QED) is 0.805. The minimum Gasteiger partial charge on any atom is -0.489 e. The summed E-state index contributed by atoms with van der Waals surface area (Å²) in [5.41, 5.74) is 1.75. The normalized spacial score (nSPS) is 15.1. The molecule has 0 aliphatic carbocycles. The van der Waals surface area contributed by atoms with Gasteiger partial charge >= 0.3 is 0 Å². The number of amides is 2. The van der Waals surface area contributed by atoms with Gasteiger partial charge in [0.25, 0.3) is 5.91 Å². The molecule has 0 saturated carbocycles. The van der Waals surface area contributed by atoms with Crippen molar-refractivity contribution < 1.29 is 14.3 Å². The molecule has 1 heterocycles. The molecule has 0 atom stereocenters. The third-order valence-electron chi connectivity index (χ3n) is 3.43. The van der Waals surface area contributed by atoms with Crippen LogP contribution in [-0.4, -0.2) is 17.0 Å². The molecule has 2 aromatic rings.